The van der Waals surface area contributed by atoms with Crippen LogP contribution in [-0.2, 0) is 11.2 Å². The molecule has 0 unspecified atom stereocenters. The Morgan fingerprint density at radius 2 is 2.31 bits per heavy atom. The van der Waals surface area contributed by atoms with Gasteiger partial charge in [-0.3, -0.25) is 9.78 Å². The Hall–Kier alpha value is -1.82. The second kappa shape index (κ2) is 4.36. The topological polar surface area (TPSA) is 63.1 Å². The van der Waals surface area contributed by atoms with Crippen LogP contribution in [-0.4, -0.2) is 21.0 Å². The maximum atomic E-state index is 12.6. The molecule has 0 aliphatic carbocycles. The zero-order valence-corrected chi connectivity index (χ0v) is 8.87. The van der Waals surface area contributed by atoms with Gasteiger partial charge in [0, 0.05) is 5.38 Å². The number of hydrogen-bond acceptors (Lipinski definition) is 4. The van der Waals surface area contributed by atoms with Crippen molar-refractivity contribution in [2.45, 2.75) is 6.42 Å². The Morgan fingerprint density at radius 1 is 1.50 bits per heavy atom. The summed E-state index contributed by atoms with van der Waals surface area (Å²) in [6.45, 7) is 0. The lowest BCUT2D eigenvalue weighted by molar-refractivity contribution is -0.136. The van der Waals surface area contributed by atoms with Crippen LogP contribution in [0.4, 0.5) is 4.39 Å². The molecule has 0 atom stereocenters. The minimum atomic E-state index is -0.927. The minimum Gasteiger partial charge on any atom is -0.481 e. The molecule has 0 bridgehead atoms. The lowest BCUT2D eigenvalue weighted by atomic mass is 10.3. The van der Waals surface area contributed by atoms with Gasteiger partial charge >= 0.3 is 5.97 Å². The third-order valence-electron chi connectivity index (χ3n) is 1.83. The van der Waals surface area contributed by atoms with Gasteiger partial charge in [0.25, 0.3) is 0 Å². The molecule has 0 radical (unpaired) electrons. The molecule has 0 saturated carbocycles. The van der Waals surface area contributed by atoms with Crippen LogP contribution in [0.5, 0.6) is 0 Å². The third-order valence-corrected chi connectivity index (χ3v) is 2.74. The molecule has 2 heterocycles. The van der Waals surface area contributed by atoms with Gasteiger partial charge in [0.1, 0.15) is 10.8 Å². The molecule has 6 heteroatoms. The van der Waals surface area contributed by atoms with Gasteiger partial charge in [-0.05, 0) is 12.1 Å². The molecule has 2 rings (SSSR count). The summed E-state index contributed by atoms with van der Waals surface area (Å²) in [6, 6.07) is 2.80. The molecule has 4 nitrogen and oxygen atoms in total. The van der Waals surface area contributed by atoms with E-state index < -0.39 is 11.8 Å². The van der Waals surface area contributed by atoms with Crippen LogP contribution in [0, 0.1) is 5.82 Å². The lowest BCUT2D eigenvalue weighted by Crippen LogP contribution is -1.99. The van der Waals surface area contributed by atoms with Gasteiger partial charge in [-0.15, -0.1) is 11.3 Å². The number of aliphatic carboxylic acids is 1. The standard InChI is InChI=1S/C10H7FN2O2S/c11-6-1-2-8(12-4-6)10-13-7(5-16-10)3-9(14)15/h1-2,4-5H,3H2,(H,14,15). The summed E-state index contributed by atoms with van der Waals surface area (Å²) in [4.78, 5) is 18.4. The van der Waals surface area contributed by atoms with Crippen molar-refractivity contribution in [3.8, 4) is 10.7 Å². The van der Waals surface area contributed by atoms with Crippen molar-refractivity contribution in [1.82, 2.24) is 9.97 Å². The van der Waals surface area contributed by atoms with Crippen molar-refractivity contribution >= 4 is 17.3 Å². The number of hydrogen-bond donors (Lipinski definition) is 1. The van der Waals surface area contributed by atoms with E-state index in [4.69, 9.17) is 5.11 Å². The summed E-state index contributed by atoms with van der Waals surface area (Å²) in [7, 11) is 0. The van der Waals surface area contributed by atoms with Gasteiger partial charge in [0.05, 0.1) is 24.0 Å². The van der Waals surface area contributed by atoms with Crippen LogP contribution in [0.25, 0.3) is 10.7 Å². The zero-order valence-electron chi connectivity index (χ0n) is 8.05. The average Bonchev–Trinajstić information content (AvgIpc) is 2.66. The predicted molar refractivity (Wildman–Crippen MR) is 56.6 cm³/mol. The van der Waals surface area contributed by atoms with Crippen LogP contribution in [0.1, 0.15) is 5.69 Å². The highest BCUT2D eigenvalue weighted by atomic mass is 32.1. The van der Waals surface area contributed by atoms with Gasteiger partial charge in [-0.2, -0.15) is 0 Å². The highest BCUT2D eigenvalue weighted by molar-refractivity contribution is 7.13. The number of aromatic nitrogens is 2. The number of pyridine rings is 1. The van der Waals surface area contributed by atoms with Crippen LogP contribution >= 0.6 is 11.3 Å². The molecule has 82 valence electrons. The highest BCUT2D eigenvalue weighted by Crippen LogP contribution is 2.21. The minimum absolute atomic E-state index is 0.113. The van der Waals surface area contributed by atoms with E-state index in [0.717, 1.165) is 6.20 Å². The molecule has 0 aromatic carbocycles. The number of nitrogens with zero attached hydrogens (tertiary/aromatic N) is 2. The largest absolute Gasteiger partial charge is 0.481 e. The molecule has 0 saturated heterocycles. The molecule has 0 spiro atoms. The first-order valence-electron chi connectivity index (χ1n) is 4.43. The van der Waals surface area contributed by atoms with Gasteiger partial charge < -0.3 is 5.11 Å². The molecule has 16 heavy (non-hydrogen) atoms. The Balaban J connectivity index is 2.24. The second-order valence-corrected chi connectivity index (χ2v) is 3.93. The predicted octanol–water partition coefficient (Wildman–Crippen LogP) is 1.97. The van der Waals surface area contributed by atoms with Crippen LogP contribution in [0.3, 0.4) is 0 Å². The van der Waals surface area contributed by atoms with Crippen molar-refractivity contribution in [3.63, 3.8) is 0 Å². The average molecular weight is 238 g/mol. The molecular weight excluding hydrogens is 231 g/mol. The molecule has 1 N–H and O–H groups in total. The first kappa shape index (κ1) is 10.7. The maximum Gasteiger partial charge on any atom is 0.309 e. The van der Waals surface area contributed by atoms with E-state index in [0.29, 0.717) is 16.4 Å². The first-order valence-corrected chi connectivity index (χ1v) is 5.31. The molecule has 2 aromatic rings. The highest BCUT2D eigenvalue weighted by Gasteiger charge is 2.08. The second-order valence-electron chi connectivity index (χ2n) is 3.08. The van der Waals surface area contributed by atoms with E-state index in [1.807, 2.05) is 0 Å². The van der Waals surface area contributed by atoms with E-state index in [1.165, 1.54) is 23.5 Å². The number of rotatable bonds is 3. The summed E-state index contributed by atoms with van der Waals surface area (Å²) in [5.41, 5.74) is 1.03. The van der Waals surface area contributed by atoms with Crippen LogP contribution < -0.4 is 0 Å². The maximum absolute atomic E-state index is 12.6. The molecule has 0 amide bonds. The van der Waals surface area contributed by atoms with Crippen molar-refractivity contribution in [2.24, 2.45) is 0 Å². The quantitative estimate of drug-likeness (QED) is 0.888. The zero-order chi connectivity index (χ0) is 11.5. The van der Waals surface area contributed by atoms with Gasteiger partial charge in [-0.1, -0.05) is 0 Å². The molecule has 0 aliphatic rings. The van der Waals surface area contributed by atoms with Crippen molar-refractivity contribution in [1.29, 1.82) is 0 Å². The molecule has 2 aromatic heterocycles. The van der Waals surface area contributed by atoms with Gasteiger partial charge in [0.2, 0.25) is 0 Å². The van der Waals surface area contributed by atoms with Crippen LogP contribution in [0.15, 0.2) is 23.7 Å². The van der Waals surface area contributed by atoms with Crippen molar-refractivity contribution < 1.29 is 14.3 Å². The summed E-state index contributed by atoms with van der Waals surface area (Å²) in [5, 5.41) is 10.8. The molecule has 0 aliphatic heterocycles. The van der Waals surface area contributed by atoms with Gasteiger partial charge in [0.15, 0.2) is 0 Å². The van der Waals surface area contributed by atoms with E-state index in [-0.39, 0.29) is 6.42 Å². The van der Waals surface area contributed by atoms with Gasteiger partial charge in [-0.25, -0.2) is 9.37 Å². The van der Waals surface area contributed by atoms with E-state index in [2.05, 4.69) is 9.97 Å². The fourth-order valence-electron chi connectivity index (χ4n) is 1.16. The number of thiazole rings is 1. The summed E-state index contributed by atoms with van der Waals surface area (Å²) >= 11 is 1.29. The van der Waals surface area contributed by atoms with Crippen molar-refractivity contribution in [3.05, 3.63) is 35.2 Å². The fraction of sp³-hybridized carbons (Fsp3) is 0.100. The number of carboxylic acids is 1. The number of carbonyl (C=O) groups is 1. The van der Waals surface area contributed by atoms with Crippen molar-refractivity contribution in [2.75, 3.05) is 0 Å². The Labute approximate surface area is 94.4 Å². The Kier molecular flexibility index (Phi) is 2.91. The van der Waals surface area contributed by atoms with Crippen LogP contribution in [0.2, 0.25) is 0 Å². The van der Waals surface area contributed by atoms with E-state index in [9.17, 15) is 9.18 Å². The Bertz CT molecular complexity index is 510. The third kappa shape index (κ3) is 2.40. The summed E-state index contributed by atoms with van der Waals surface area (Å²) in [6.07, 6.45) is 0.991. The number of carboxylic acid groups (broad SMARTS) is 1. The van der Waals surface area contributed by atoms with E-state index in [1.54, 1.807) is 5.38 Å². The smallest absolute Gasteiger partial charge is 0.309 e. The summed E-state index contributed by atoms with van der Waals surface area (Å²) < 4.78 is 12.6. The fourth-order valence-corrected chi connectivity index (χ4v) is 1.96. The normalized spacial score (nSPS) is 10.3. The summed E-state index contributed by atoms with van der Waals surface area (Å²) in [5.74, 6) is -1.34. The van der Waals surface area contributed by atoms with E-state index >= 15 is 0 Å². The molecular formula is C10H7FN2O2S. The monoisotopic (exact) mass is 238 g/mol. The lowest BCUT2D eigenvalue weighted by Gasteiger charge is -1.94. The first-order chi connectivity index (χ1) is 7.65. The number of halogens is 1. The SMILES string of the molecule is O=C(O)Cc1csc(-c2ccc(F)cn2)n1. The molecule has 0 fully saturated rings. The Morgan fingerprint density at radius 3 is 2.94 bits per heavy atom.